The number of carbonyl (C=O) groups excluding carboxylic acids is 1. The lowest BCUT2D eigenvalue weighted by molar-refractivity contribution is 0.00578. The maximum absolute atomic E-state index is 13.3. The van der Waals surface area contributed by atoms with Crippen LogP contribution in [0.15, 0.2) is 60.7 Å². The fourth-order valence-electron chi connectivity index (χ4n) is 6.06. The summed E-state index contributed by atoms with van der Waals surface area (Å²) in [6, 6.07) is 20.9. The Bertz CT molecular complexity index is 1390. The van der Waals surface area contributed by atoms with Gasteiger partial charge in [0.15, 0.2) is 0 Å². The highest BCUT2D eigenvalue weighted by atomic mass is 16.7. The van der Waals surface area contributed by atoms with Crippen molar-refractivity contribution in [2.75, 3.05) is 38.1 Å². The minimum absolute atomic E-state index is 0.00797. The Balaban J connectivity index is 1.23. The number of ether oxygens (including phenoxy) is 1. The van der Waals surface area contributed by atoms with Crippen LogP contribution in [-0.2, 0) is 20.6 Å². The average Bonchev–Trinajstić information content (AvgIpc) is 3.39. The third kappa shape index (κ3) is 5.42. The number of fused-ring (bicyclic) bond motifs is 3. The molecular weight excluding hydrogens is 513 g/mol. The first-order valence-electron chi connectivity index (χ1n) is 14.7. The molecule has 0 spiro atoms. The van der Waals surface area contributed by atoms with Crippen LogP contribution in [0.2, 0.25) is 0 Å². The molecule has 7 nitrogen and oxygen atoms in total. The fourth-order valence-corrected chi connectivity index (χ4v) is 6.06. The average molecular weight is 554 g/mol. The minimum Gasteiger partial charge on any atom is -0.448 e. The number of nitrogens with one attached hydrogen (secondary N) is 2. The zero-order valence-corrected chi connectivity index (χ0v) is 24.8. The molecule has 2 fully saturated rings. The van der Waals surface area contributed by atoms with Crippen molar-refractivity contribution in [1.29, 1.82) is 0 Å². The van der Waals surface area contributed by atoms with E-state index in [0.717, 1.165) is 55.0 Å². The number of nitrogens with zero attached hydrogens (tertiary/aromatic N) is 1. The molecule has 0 aromatic heterocycles. The van der Waals surface area contributed by atoms with Gasteiger partial charge in [-0.15, -0.1) is 0 Å². The van der Waals surface area contributed by atoms with Crippen LogP contribution in [-0.4, -0.2) is 62.1 Å². The van der Waals surface area contributed by atoms with Crippen LogP contribution in [0, 0.1) is 6.92 Å². The highest BCUT2D eigenvalue weighted by molar-refractivity contribution is 6.62. The van der Waals surface area contributed by atoms with Crippen LogP contribution in [0.25, 0.3) is 11.1 Å². The molecular formula is C33H40BN3O4. The van der Waals surface area contributed by atoms with E-state index in [0.29, 0.717) is 0 Å². The summed E-state index contributed by atoms with van der Waals surface area (Å²) in [5.41, 5.74) is 7.68. The molecule has 6 rings (SSSR count). The fraction of sp³-hybridized carbons (Fsp3) is 0.424. The number of hydrogen-bond donors (Lipinski definition) is 2. The predicted octanol–water partition coefficient (Wildman–Crippen LogP) is 5.06. The third-order valence-electron chi connectivity index (χ3n) is 9.25. The first-order chi connectivity index (χ1) is 19.6. The summed E-state index contributed by atoms with van der Waals surface area (Å²) in [5.74, 6) is 0.00797. The number of benzene rings is 3. The molecule has 0 radical (unpaired) electrons. The summed E-state index contributed by atoms with van der Waals surface area (Å²) < 4.78 is 18.7. The molecule has 3 aromatic carbocycles. The van der Waals surface area contributed by atoms with E-state index in [2.05, 4.69) is 92.6 Å². The van der Waals surface area contributed by atoms with Crippen molar-refractivity contribution < 1.29 is 18.8 Å². The molecule has 214 valence electrons. The van der Waals surface area contributed by atoms with Gasteiger partial charge in [-0.2, -0.15) is 0 Å². The molecule has 1 aliphatic carbocycles. The van der Waals surface area contributed by atoms with Gasteiger partial charge in [0.1, 0.15) is 6.61 Å². The highest BCUT2D eigenvalue weighted by Gasteiger charge is 2.52. The van der Waals surface area contributed by atoms with Crippen molar-refractivity contribution in [2.24, 2.45) is 0 Å². The maximum atomic E-state index is 13.3. The van der Waals surface area contributed by atoms with Crippen LogP contribution < -0.4 is 16.1 Å². The molecule has 8 heteroatoms. The topological polar surface area (TPSA) is 72.1 Å². The van der Waals surface area contributed by atoms with Gasteiger partial charge < -0.3 is 19.4 Å². The molecule has 3 aliphatic rings. The van der Waals surface area contributed by atoms with Gasteiger partial charge >= 0.3 is 13.2 Å². The zero-order chi connectivity index (χ0) is 28.8. The molecule has 2 aliphatic heterocycles. The van der Waals surface area contributed by atoms with E-state index in [4.69, 9.17) is 14.0 Å². The number of amides is 1. The van der Waals surface area contributed by atoms with Gasteiger partial charge in [-0.1, -0.05) is 54.6 Å². The Labute approximate surface area is 243 Å². The maximum Gasteiger partial charge on any atom is 0.494 e. The Morgan fingerprint density at radius 3 is 2.17 bits per heavy atom. The van der Waals surface area contributed by atoms with Gasteiger partial charge in [0.25, 0.3) is 0 Å². The lowest BCUT2D eigenvalue weighted by atomic mass is 9.77. The van der Waals surface area contributed by atoms with Gasteiger partial charge in [-0.05, 0) is 79.5 Å². The van der Waals surface area contributed by atoms with Crippen molar-refractivity contribution in [1.82, 2.24) is 10.2 Å². The Kier molecular flexibility index (Phi) is 7.45. The Morgan fingerprint density at radius 2 is 1.56 bits per heavy atom. The summed E-state index contributed by atoms with van der Waals surface area (Å²) in [6.07, 6.45) is -0.464. The molecule has 0 bridgehead atoms. The number of anilines is 1. The number of rotatable bonds is 6. The van der Waals surface area contributed by atoms with Crippen LogP contribution in [0.1, 0.15) is 55.9 Å². The Hall–Kier alpha value is -3.17. The molecule has 0 saturated carbocycles. The summed E-state index contributed by atoms with van der Waals surface area (Å²) in [5, 5.41) is 6.48. The van der Waals surface area contributed by atoms with Crippen LogP contribution >= 0.6 is 0 Å². The quantitative estimate of drug-likeness (QED) is 0.416. The monoisotopic (exact) mass is 553 g/mol. The highest BCUT2D eigenvalue weighted by Crippen LogP contribution is 2.44. The largest absolute Gasteiger partial charge is 0.494 e. The molecule has 3 aromatic rings. The first-order valence-corrected chi connectivity index (χ1v) is 14.7. The van der Waals surface area contributed by atoms with E-state index in [1.54, 1.807) is 0 Å². The summed E-state index contributed by atoms with van der Waals surface area (Å²) in [6.45, 7) is 15.2. The third-order valence-corrected chi connectivity index (χ3v) is 9.25. The van der Waals surface area contributed by atoms with Crippen molar-refractivity contribution >= 4 is 24.4 Å². The Morgan fingerprint density at radius 1 is 0.976 bits per heavy atom. The lowest BCUT2D eigenvalue weighted by Crippen LogP contribution is -2.43. The van der Waals surface area contributed by atoms with Gasteiger partial charge in [0.05, 0.1) is 11.2 Å². The van der Waals surface area contributed by atoms with Crippen LogP contribution in [0.3, 0.4) is 0 Å². The second-order valence-corrected chi connectivity index (χ2v) is 12.4. The van der Waals surface area contributed by atoms with E-state index in [1.807, 2.05) is 18.2 Å². The second kappa shape index (κ2) is 10.9. The van der Waals surface area contributed by atoms with Gasteiger partial charge in [-0.3, -0.25) is 10.2 Å². The number of carbonyl (C=O) groups is 1. The minimum atomic E-state index is -0.523. The molecule has 1 amide bonds. The summed E-state index contributed by atoms with van der Waals surface area (Å²) in [4.78, 5) is 15.7. The summed E-state index contributed by atoms with van der Waals surface area (Å²) in [7, 11) is -0.523. The van der Waals surface area contributed by atoms with Crippen molar-refractivity contribution in [3.8, 4) is 11.1 Å². The van der Waals surface area contributed by atoms with Gasteiger partial charge in [0.2, 0.25) is 0 Å². The molecule has 2 N–H and O–H groups in total. The van der Waals surface area contributed by atoms with E-state index in [-0.39, 0.29) is 12.5 Å². The molecule has 2 heterocycles. The van der Waals surface area contributed by atoms with Crippen LogP contribution in [0.4, 0.5) is 10.5 Å². The molecule has 2 saturated heterocycles. The van der Waals surface area contributed by atoms with Crippen molar-refractivity contribution in [2.45, 2.75) is 58.3 Å². The molecule has 41 heavy (non-hydrogen) atoms. The second-order valence-electron chi connectivity index (χ2n) is 12.4. The van der Waals surface area contributed by atoms with Gasteiger partial charge in [0, 0.05) is 44.3 Å². The lowest BCUT2D eigenvalue weighted by Gasteiger charge is -2.32. The van der Waals surface area contributed by atoms with E-state index >= 15 is 0 Å². The van der Waals surface area contributed by atoms with E-state index < -0.39 is 24.4 Å². The molecule has 0 atom stereocenters. The standard InChI is InChI=1S/C33H40BN3O4/c1-22-23(20-37-16-14-35-15-17-37)18-24(34-40-32(2,3)33(4,5)41-34)19-30(22)36-31(38)39-21-29-27-12-8-6-10-25(27)26-11-7-9-13-28(26)29/h6-13,18-19,29,35H,14-17,20-21H2,1-5H3,(H,36,38). The first kappa shape index (κ1) is 28.0. The van der Waals surface area contributed by atoms with E-state index in [1.165, 1.54) is 22.3 Å². The smallest absolute Gasteiger partial charge is 0.448 e. The van der Waals surface area contributed by atoms with Crippen molar-refractivity contribution in [3.05, 3.63) is 82.9 Å². The predicted molar refractivity (Wildman–Crippen MR) is 164 cm³/mol. The van der Waals surface area contributed by atoms with Gasteiger partial charge in [-0.25, -0.2) is 4.79 Å². The number of hydrogen-bond acceptors (Lipinski definition) is 6. The van der Waals surface area contributed by atoms with Crippen LogP contribution in [0.5, 0.6) is 0 Å². The number of piperazine rings is 1. The van der Waals surface area contributed by atoms with E-state index in [9.17, 15) is 4.79 Å². The van der Waals surface area contributed by atoms with Crippen molar-refractivity contribution in [3.63, 3.8) is 0 Å². The zero-order valence-electron chi connectivity index (χ0n) is 24.8. The normalized spacial score (nSPS) is 19.6. The SMILES string of the molecule is Cc1c(CN2CCNCC2)cc(B2OC(C)(C)C(C)(C)O2)cc1NC(=O)OCC1c2ccccc2-c2ccccc21. The molecule has 0 unspecified atom stereocenters. The summed E-state index contributed by atoms with van der Waals surface area (Å²) >= 11 is 0.